The molecule has 0 heterocycles. The summed E-state index contributed by atoms with van der Waals surface area (Å²) in [7, 11) is 0. The van der Waals surface area contributed by atoms with Gasteiger partial charge in [-0.1, -0.05) is 37.3 Å². The van der Waals surface area contributed by atoms with Gasteiger partial charge in [-0.15, -0.1) is 0 Å². The van der Waals surface area contributed by atoms with Crippen LogP contribution in [0.5, 0.6) is 0 Å². The minimum absolute atomic E-state index is 0.655. The molecular weight excluding hydrogens is 232 g/mol. The lowest BCUT2D eigenvalue weighted by atomic mass is 10.0. The summed E-state index contributed by atoms with van der Waals surface area (Å²) in [5.74, 6) is 0.655. The number of rotatable bonds is 9. The largest absolute Gasteiger partial charge is 0.331 e. The molecule has 0 saturated carbocycles. The van der Waals surface area contributed by atoms with Crippen molar-refractivity contribution in [2.45, 2.75) is 33.6 Å². The maximum Gasteiger partial charge on any atom is 0.127 e. The Kier molecular flexibility index (Phi) is 7.76. The van der Waals surface area contributed by atoms with Gasteiger partial charge in [-0.05, 0) is 26.3 Å². The fraction of sp³-hybridized carbons (Fsp3) is 0.647. The van der Waals surface area contributed by atoms with Gasteiger partial charge in [0, 0.05) is 5.92 Å². The SMILES string of the molecule is CC[NH+](CC)CC[NH+](CC)C[C@@H](C)c1ccccc1. The summed E-state index contributed by atoms with van der Waals surface area (Å²) < 4.78 is 0. The summed E-state index contributed by atoms with van der Waals surface area (Å²) in [6.45, 7) is 16.8. The zero-order chi connectivity index (χ0) is 14.1. The Morgan fingerprint density at radius 1 is 0.842 bits per heavy atom. The first-order valence-corrected chi connectivity index (χ1v) is 7.93. The second-order valence-corrected chi connectivity index (χ2v) is 5.58. The Hall–Kier alpha value is -0.860. The van der Waals surface area contributed by atoms with Crippen molar-refractivity contribution in [2.24, 2.45) is 0 Å². The summed E-state index contributed by atoms with van der Waals surface area (Å²) in [5.41, 5.74) is 1.48. The lowest BCUT2D eigenvalue weighted by Crippen LogP contribution is -3.20. The van der Waals surface area contributed by atoms with E-state index in [1.807, 2.05) is 0 Å². The van der Waals surface area contributed by atoms with Crippen molar-refractivity contribution in [3.05, 3.63) is 35.9 Å². The molecule has 0 saturated heterocycles. The number of nitrogens with one attached hydrogen (secondary N) is 2. The second-order valence-electron chi connectivity index (χ2n) is 5.58. The maximum absolute atomic E-state index is 2.36. The average molecular weight is 264 g/mol. The topological polar surface area (TPSA) is 8.88 Å². The Labute approximate surface area is 119 Å². The van der Waals surface area contributed by atoms with Crippen molar-refractivity contribution >= 4 is 0 Å². The van der Waals surface area contributed by atoms with Gasteiger partial charge >= 0.3 is 0 Å². The van der Waals surface area contributed by atoms with Crippen LogP contribution in [0.15, 0.2) is 30.3 Å². The first-order chi connectivity index (χ1) is 9.21. The van der Waals surface area contributed by atoms with E-state index in [1.165, 1.54) is 44.8 Å². The number of benzene rings is 1. The zero-order valence-electron chi connectivity index (χ0n) is 13.2. The van der Waals surface area contributed by atoms with Crippen LogP contribution in [-0.2, 0) is 0 Å². The molecule has 1 aromatic carbocycles. The van der Waals surface area contributed by atoms with E-state index in [4.69, 9.17) is 0 Å². The van der Waals surface area contributed by atoms with E-state index in [1.54, 1.807) is 9.80 Å². The molecule has 2 nitrogen and oxygen atoms in total. The van der Waals surface area contributed by atoms with Crippen molar-refractivity contribution in [1.29, 1.82) is 0 Å². The predicted octanol–water partition coefficient (Wildman–Crippen LogP) is 0.620. The van der Waals surface area contributed by atoms with E-state index in [0.717, 1.165) is 0 Å². The summed E-state index contributed by atoms with van der Waals surface area (Å²) in [6.07, 6.45) is 0. The molecule has 108 valence electrons. The van der Waals surface area contributed by atoms with E-state index in [0.29, 0.717) is 5.92 Å². The quantitative estimate of drug-likeness (QED) is 0.647. The summed E-state index contributed by atoms with van der Waals surface area (Å²) in [5, 5.41) is 0. The number of hydrogen-bond acceptors (Lipinski definition) is 0. The van der Waals surface area contributed by atoms with E-state index < -0.39 is 0 Å². The van der Waals surface area contributed by atoms with Crippen molar-refractivity contribution in [2.75, 3.05) is 39.3 Å². The minimum Gasteiger partial charge on any atom is -0.331 e. The van der Waals surface area contributed by atoms with Crippen LogP contribution in [0.25, 0.3) is 0 Å². The molecule has 2 atom stereocenters. The van der Waals surface area contributed by atoms with Crippen LogP contribution < -0.4 is 9.80 Å². The highest BCUT2D eigenvalue weighted by Gasteiger charge is 2.15. The third-order valence-corrected chi connectivity index (χ3v) is 4.30. The Morgan fingerprint density at radius 2 is 1.37 bits per heavy atom. The molecule has 0 aliphatic carbocycles. The van der Waals surface area contributed by atoms with Crippen LogP contribution in [0.1, 0.15) is 39.2 Å². The smallest absolute Gasteiger partial charge is 0.127 e. The third-order valence-electron chi connectivity index (χ3n) is 4.30. The van der Waals surface area contributed by atoms with Gasteiger partial charge in [0.05, 0.1) is 26.2 Å². The average Bonchev–Trinajstić information content (AvgIpc) is 2.47. The minimum atomic E-state index is 0.655. The van der Waals surface area contributed by atoms with Gasteiger partial charge in [-0.3, -0.25) is 0 Å². The van der Waals surface area contributed by atoms with Gasteiger partial charge in [0.25, 0.3) is 0 Å². The van der Waals surface area contributed by atoms with Crippen molar-refractivity contribution in [3.8, 4) is 0 Å². The summed E-state index contributed by atoms with van der Waals surface area (Å²) in [6, 6.07) is 10.9. The van der Waals surface area contributed by atoms with Crippen LogP contribution in [0.3, 0.4) is 0 Å². The molecule has 0 amide bonds. The molecule has 2 N–H and O–H groups in total. The molecule has 2 heteroatoms. The van der Waals surface area contributed by atoms with Gasteiger partial charge in [-0.25, -0.2) is 0 Å². The molecule has 1 rings (SSSR count). The number of hydrogen-bond donors (Lipinski definition) is 2. The van der Waals surface area contributed by atoms with E-state index in [-0.39, 0.29) is 0 Å². The summed E-state index contributed by atoms with van der Waals surface area (Å²) in [4.78, 5) is 3.45. The molecule has 0 aromatic heterocycles. The molecule has 0 fully saturated rings. The molecule has 0 radical (unpaired) electrons. The molecular formula is C17H32N2+2. The van der Waals surface area contributed by atoms with E-state index in [9.17, 15) is 0 Å². The Balaban J connectivity index is 2.43. The maximum atomic E-state index is 2.36. The lowest BCUT2D eigenvalue weighted by Gasteiger charge is -2.24. The molecule has 19 heavy (non-hydrogen) atoms. The summed E-state index contributed by atoms with van der Waals surface area (Å²) >= 11 is 0. The van der Waals surface area contributed by atoms with Crippen LogP contribution in [0.4, 0.5) is 0 Å². The third kappa shape index (κ3) is 5.75. The Morgan fingerprint density at radius 3 is 1.89 bits per heavy atom. The lowest BCUT2D eigenvalue weighted by molar-refractivity contribution is -0.955. The van der Waals surface area contributed by atoms with Crippen LogP contribution in [-0.4, -0.2) is 39.3 Å². The highest BCUT2D eigenvalue weighted by Crippen LogP contribution is 2.11. The first kappa shape index (κ1) is 16.2. The van der Waals surface area contributed by atoms with Crippen molar-refractivity contribution in [3.63, 3.8) is 0 Å². The van der Waals surface area contributed by atoms with E-state index >= 15 is 0 Å². The van der Waals surface area contributed by atoms with Gasteiger partial charge in [-0.2, -0.15) is 0 Å². The molecule has 0 aliphatic rings. The van der Waals surface area contributed by atoms with Crippen LogP contribution >= 0.6 is 0 Å². The predicted molar refractivity (Wildman–Crippen MR) is 83.0 cm³/mol. The Bertz CT molecular complexity index is 319. The molecule has 0 aliphatic heterocycles. The second kappa shape index (κ2) is 9.11. The van der Waals surface area contributed by atoms with Gasteiger partial charge in [0.2, 0.25) is 0 Å². The van der Waals surface area contributed by atoms with E-state index in [2.05, 4.69) is 58.0 Å². The first-order valence-electron chi connectivity index (χ1n) is 7.93. The van der Waals surface area contributed by atoms with Gasteiger partial charge < -0.3 is 9.80 Å². The standard InChI is InChI=1S/C17H30N2/c1-5-18(6-2)13-14-19(7-3)15-16(4)17-11-9-8-10-12-17/h8-12,16H,5-7,13-15H2,1-4H3/p+2/t16-/m1/s1. The highest BCUT2D eigenvalue weighted by molar-refractivity contribution is 5.18. The molecule has 0 spiro atoms. The zero-order valence-corrected chi connectivity index (χ0v) is 13.2. The monoisotopic (exact) mass is 264 g/mol. The van der Waals surface area contributed by atoms with Gasteiger partial charge in [0.15, 0.2) is 0 Å². The van der Waals surface area contributed by atoms with Crippen molar-refractivity contribution < 1.29 is 9.80 Å². The molecule has 0 bridgehead atoms. The number of quaternary nitrogens is 2. The van der Waals surface area contributed by atoms with Gasteiger partial charge in [0.1, 0.15) is 13.1 Å². The molecule has 1 unspecified atom stereocenters. The fourth-order valence-corrected chi connectivity index (χ4v) is 2.71. The van der Waals surface area contributed by atoms with Crippen molar-refractivity contribution in [1.82, 2.24) is 0 Å². The fourth-order valence-electron chi connectivity index (χ4n) is 2.71. The normalized spacial score (nSPS) is 14.6. The van der Waals surface area contributed by atoms with Crippen LogP contribution in [0, 0.1) is 0 Å². The van der Waals surface area contributed by atoms with Crippen LogP contribution in [0.2, 0.25) is 0 Å². The highest BCUT2D eigenvalue weighted by atomic mass is 15.2. The number of likely N-dealkylation sites (N-methyl/N-ethyl adjacent to an activating group) is 2. The molecule has 1 aromatic rings.